The third-order valence-electron chi connectivity index (χ3n) is 1.91. The van der Waals surface area contributed by atoms with Crippen LogP contribution in [-0.2, 0) is 0 Å². The van der Waals surface area contributed by atoms with Crippen molar-refractivity contribution >= 4 is 11.8 Å². The van der Waals surface area contributed by atoms with Crippen molar-refractivity contribution in [3.05, 3.63) is 12.3 Å². The normalized spacial score (nSPS) is 10.2. The highest BCUT2D eigenvalue weighted by Crippen LogP contribution is 2.11. The standard InChI is InChI=1S/C8H15N5/c1-6(2)13(3)7-4-5-10-8(11-7)12-9/h4-6H,9H2,1-3H3,(H,10,11,12). The monoisotopic (exact) mass is 181 g/mol. The molecular weight excluding hydrogens is 166 g/mol. The highest BCUT2D eigenvalue weighted by atomic mass is 15.3. The largest absolute Gasteiger partial charge is 0.357 e. The van der Waals surface area contributed by atoms with Crippen molar-refractivity contribution < 1.29 is 0 Å². The number of anilines is 2. The van der Waals surface area contributed by atoms with E-state index in [1.54, 1.807) is 6.20 Å². The molecule has 0 amide bonds. The Kier molecular flexibility index (Phi) is 3.02. The molecule has 0 aromatic carbocycles. The SMILES string of the molecule is CC(C)N(C)c1ccnc(NN)n1. The van der Waals surface area contributed by atoms with Crippen LogP contribution in [0, 0.1) is 0 Å². The minimum atomic E-state index is 0.403. The second-order valence-corrected chi connectivity index (χ2v) is 3.09. The van der Waals surface area contributed by atoms with Crippen LogP contribution in [0.15, 0.2) is 12.3 Å². The average molecular weight is 181 g/mol. The third kappa shape index (κ3) is 2.29. The lowest BCUT2D eigenvalue weighted by Gasteiger charge is -2.22. The van der Waals surface area contributed by atoms with Crippen LogP contribution >= 0.6 is 0 Å². The number of nitrogens with one attached hydrogen (secondary N) is 1. The summed E-state index contributed by atoms with van der Waals surface area (Å²) in [5, 5.41) is 0. The minimum Gasteiger partial charge on any atom is -0.357 e. The maximum absolute atomic E-state index is 5.20. The van der Waals surface area contributed by atoms with Gasteiger partial charge in [-0.15, -0.1) is 0 Å². The van der Waals surface area contributed by atoms with E-state index < -0.39 is 0 Å². The van der Waals surface area contributed by atoms with Crippen LogP contribution in [-0.4, -0.2) is 23.1 Å². The summed E-state index contributed by atoms with van der Waals surface area (Å²) in [5.41, 5.74) is 2.41. The van der Waals surface area contributed by atoms with E-state index in [1.165, 1.54) is 0 Å². The summed E-state index contributed by atoms with van der Waals surface area (Å²) in [5.74, 6) is 6.50. The van der Waals surface area contributed by atoms with Gasteiger partial charge in [-0.05, 0) is 19.9 Å². The lowest BCUT2D eigenvalue weighted by atomic mass is 10.3. The van der Waals surface area contributed by atoms with Crippen molar-refractivity contribution in [2.45, 2.75) is 19.9 Å². The topological polar surface area (TPSA) is 67.1 Å². The Bertz CT molecular complexity index is 273. The Labute approximate surface area is 78.0 Å². The van der Waals surface area contributed by atoms with Gasteiger partial charge in [0.25, 0.3) is 0 Å². The van der Waals surface area contributed by atoms with Gasteiger partial charge in [0.2, 0.25) is 5.95 Å². The molecule has 5 heteroatoms. The predicted molar refractivity (Wildman–Crippen MR) is 53.4 cm³/mol. The molecule has 0 atom stereocenters. The lowest BCUT2D eigenvalue weighted by molar-refractivity contribution is 0.742. The van der Waals surface area contributed by atoms with Gasteiger partial charge in [0, 0.05) is 19.3 Å². The van der Waals surface area contributed by atoms with E-state index in [4.69, 9.17) is 5.84 Å². The number of hydrogen-bond donors (Lipinski definition) is 2. The molecule has 0 saturated carbocycles. The van der Waals surface area contributed by atoms with Gasteiger partial charge in [-0.3, -0.25) is 5.43 Å². The van der Waals surface area contributed by atoms with Crippen molar-refractivity contribution in [2.24, 2.45) is 5.84 Å². The van der Waals surface area contributed by atoms with Gasteiger partial charge in [0.05, 0.1) is 0 Å². The van der Waals surface area contributed by atoms with Gasteiger partial charge in [-0.25, -0.2) is 10.8 Å². The van der Waals surface area contributed by atoms with E-state index in [0.29, 0.717) is 12.0 Å². The number of hydrazine groups is 1. The highest BCUT2D eigenvalue weighted by molar-refractivity contribution is 5.41. The summed E-state index contributed by atoms with van der Waals surface area (Å²) in [6, 6.07) is 2.25. The average Bonchev–Trinajstić information content (AvgIpc) is 2.16. The first-order valence-corrected chi connectivity index (χ1v) is 4.17. The molecule has 0 aliphatic heterocycles. The molecule has 5 nitrogen and oxygen atoms in total. The zero-order valence-corrected chi connectivity index (χ0v) is 8.15. The fourth-order valence-electron chi connectivity index (χ4n) is 0.880. The van der Waals surface area contributed by atoms with Crippen LogP contribution in [0.3, 0.4) is 0 Å². The maximum Gasteiger partial charge on any atom is 0.239 e. The van der Waals surface area contributed by atoms with Crippen LogP contribution in [0.4, 0.5) is 11.8 Å². The van der Waals surface area contributed by atoms with E-state index in [0.717, 1.165) is 5.82 Å². The summed E-state index contributed by atoms with van der Waals surface area (Å²) in [7, 11) is 1.98. The fourth-order valence-corrected chi connectivity index (χ4v) is 0.880. The quantitative estimate of drug-likeness (QED) is 0.528. The molecule has 3 N–H and O–H groups in total. The Balaban J connectivity index is 2.88. The molecule has 0 bridgehead atoms. The molecule has 1 aromatic heterocycles. The van der Waals surface area contributed by atoms with E-state index in [9.17, 15) is 0 Å². The number of nitrogen functional groups attached to an aromatic ring is 1. The Morgan fingerprint density at radius 1 is 1.54 bits per heavy atom. The van der Waals surface area contributed by atoms with Crippen LogP contribution in [0.25, 0.3) is 0 Å². The molecule has 1 heterocycles. The highest BCUT2D eigenvalue weighted by Gasteiger charge is 2.06. The number of nitrogens with zero attached hydrogens (tertiary/aromatic N) is 3. The number of rotatable bonds is 3. The van der Waals surface area contributed by atoms with Gasteiger partial charge in [0.1, 0.15) is 5.82 Å². The number of hydrogen-bond acceptors (Lipinski definition) is 5. The molecular formula is C8H15N5. The van der Waals surface area contributed by atoms with Crippen LogP contribution in [0.2, 0.25) is 0 Å². The molecule has 0 saturated heterocycles. The molecule has 0 aliphatic carbocycles. The summed E-state index contributed by atoms with van der Waals surface area (Å²) in [4.78, 5) is 10.2. The Hall–Kier alpha value is -1.36. The van der Waals surface area contributed by atoms with E-state index in [-0.39, 0.29) is 0 Å². The van der Waals surface area contributed by atoms with Gasteiger partial charge in [0.15, 0.2) is 0 Å². The van der Waals surface area contributed by atoms with Crippen molar-refractivity contribution in [3.8, 4) is 0 Å². The fraction of sp³-hybridized carbons (Fsp3) is 0.500. The first-order chi connectivity index (χ1) is 6.15. The minimum absolute atomic E-state index is 0.403. The molecule has 0 unspecified atom stereocenters. The molecule has 13 heavy (non-hydrogen) atoms. The first kappa shape index (κ1) is 9.73. The molecule has 0 fully saturated rings. The second kappa shape index (κ2) is 4.04. The number of aromatic nitrogens is 2. The lowest BCUT2D eigenvalue weighted by Crippen LogP contribution is -2.27. The van der Waals surface area contributed by atoms with Crippen molar-refractivity contribution in [2.75, 3.05) is 17.4 Å². The molecule has 0 aliphatic rings. The molecule has 1 rings (SSSR count). The van der Waals surface area contributed by atoms with E-state index >= 15 is 0 Å². The van der Waals surface area contributed by atoms with Crippen LogP contribution in [0.5, 0.6) is 0 Å². The van der Waals surface area contributed by atoms with E-state index in [2.05, 4.69) is 29.2 Å². The smallest absolute Gasteiger partial charge is 0.239 e. The van der Waals surface area contributed by atoms with Crippen LogP contribution in [0.1, 0.15) is 13.8 Å². The summed E-state index contributed by atoms with van der Waals surface area (Å²) in [6.45, 7) is 4.19. The summed E-state index contributed by atoms with van der Waals surface area (Å²) < 4.78 is 0. The van der Waals surface area contributed by atoms with Gasteiger partial charge in [-0.1, -0.05) is 0 Å². The Morgan fingerprint density at radius 2 is 2.23 bits per heavy atom. The van der Waals surface area contributed by atoms with Gasteiger partial charge in [-0.2, -0.15) is 4.98 Å². The van der Waals surface area contributed by atoms with Crippen molar-refractivity contribution in [1.82, 2.24) is 9.97 Å². The maximum atomic E-state index is 5.20. The molecule has 0 spiro atoms. The van der Waals surface area contributed by atoms with Crippen molar-refractivity contribution in [3.63, 3.8) is 0 Å². The second-order valence-electron chi connectivity index (χ2n) is 3.09. The van der Waals surface area contributed by atoms with Crippen LogP contribution < -0.4 is 16.2 Å². The van der Waals surface area contributed by atoms with E-state index in [1.807, 2.05) is 18.0 Å². The Morgan fingerprint density at radius 3 is 2.77 bits per heavy atom. The predicted octanol–water partition coefficient (Wildman–Crippen LogP) is 0.607. The number of nitrogens with two attached hydrogens (primary N) is 1. The molecule has 0 radical (unpaired) electrons. The molecule has 72 valence electrons. The zero-order chi connectivity index (χ0) is 9.84. The summed E-state index contributed by atoms with van der Waals surface area (Å²) in [6.07, 6.45) is 1.68. The van der Waals surface area contributed by atoms with Gasteiger partial charge >= 0.3 is 0 Å². The summed E-state index contributed by atoms with van der Waals surface area (Å²) >= 11 is 0. The van der Waals surface area contributed by atoms with Gasteiger partial charge < -0.3 is 4.90 Å². The first-order valence-electron chi connectivity index (χ1n) is 4.17. The zero-order valence-electron chi connectivity index (χ0n) is 8.15. The molecule has 1 aromatic rings. The van der Waals surface area contributed by atoms with Crippen molar-refractivity contribution in [1.29, 1.82) is 0 Å². The third-order valence-corrected chi connectivity index (χ3v) is 1.91.